The second-order valence-electron chi connectivity index (χ2n) is 3.68. The number of hydrogen-bond acceptors (Lipinski definition) is 3. The number of nitrogens with zero attached hydrogens (tertiary/aromatic N) is 3. The quantitative estimate of drug-likeness (QED) is 0.843. The Hall–Kier alpha value is -1.91. The van der Waals surface area contributed by atoms with Gasteiger partial charge in [0.2, 0.25) is 0 Å². The van der Waals surface area contributed by atoms with E-state index in [1.165, 1.54) is 0 Å². The molecule has 0 spiro atoms. The summed E-state index contributed by atoms with van der Waals surface area (Å²) in [6.07, 6.45) is 4.32. The van der Waals surface area contributed by atoms with Gasteiger partial charge < -0.3 is 5.11 Å². The third-order valence-electron chi connectivity index (χ3n) is 2.51. The Morgan fingerprint density at radius 3 is 2.94 bits per heavy atom. The van der Waals surface area contributed by atoms with Crippen molar-refractivity contribution < 1.29 is 9.90 Å². The van der Waals surface area contributed by atoms with Crippen LogP contribution < -0.4 is 0 Å². The molecule has 1 N–H and O–H groups in total. The molecular weight excluding hydrogens is 206 g/mol. The van der Waals surface area contributed by atoms with Gasteiger partial charge in [0.15, 0.2) is 0 Å². The first-order valence-corrected chi connectivity index (χ1v) is 5.16. The van der Waals surface area contributed by atoms with E-state index < -0.39 is 5.97 Å². The molecule has 0 aromatic carbocycles. The average Bonchev–Trinajstić information content (AvgIpc) is 2.62. The van der Waals surface area contributed by atoms with Gasteiger partial charge in [0.25, 0.3) is 0 Å². The van der Waals surface area contributed by atoms with Gasteiger partial charge in [0.1, 0.15) is 11.5 Å². The van der Waals surface area contributed by atoms with E-state index in [4.69, 9.17) is 5.11 Å². The zero-order chi connectivity index (χ0) is 11.7. The van der Waals surface area contributed by atoms with Crippen LogP contribution in [0.3, 0.4) is 0 Å². The second-order valence-corrected chi connectivity index (χ2v) is 3.68. The summed E-state index contributed by atoms with van der Waals surface area (Å²) >= 11 is 0. The lowest BCUT2D eigenvalue weighted by Gasteiger charge is -2.01. The van der Waals surface area contributed by atoms with Crippen LogP contribution in [0.4, 0.5) is 0 Å². The van der Waals surface area contributed by atoms with E-state index in [2.05, 4.69) is 9.97 Å². The Kier molecular flexibility index (Phi) is 2.60. The highest BCUT2D eigenvalue weighted by Crippen LogP contribution is 2.13. The molecule has 2 heterocycles. The zero-order valence-corrected chi connectivity index (χ0v) is 9.27. The third-order valence-corrected chi connectivity index (χ3v) is 2.51. The number of aryl methyl sites for hydroxylation is 2. The number of carboxylic acids is 1. The topological polar surface area (TPSA) is 67.5 Å². The lowest BCUT2D eigenvalue weighted by Crippen LogP contribution is -1.99. The number of hydrogen-bond donors (Lipinski definition) is 1. The normalized spacial score (nSPS) is 10.9. The summed E-state index contributed by atoms with van der Waals surface area (Å²) in [6.45, 7) is 3.90. The van der Waals surface area contributed by atoms with Crippen molar-refractivity contribution in [1.29, 1.82) is 0 Å². The monoisotopic (exact) mass is 219 g/mol. The van der Waals surface area contributed by atoms with Crippen LogP contribution in [0.1, 0.15) is 24.0 Å². The standard InChI is InChI=1S/C11H13N3O2/c1-3-8-5-12-7(2)14-6-9(4-10(15)16)13-11(8)14/h5-6H,3-4H2,1-2H3,(H,15,16). The largest absolute Gasteiger partial charge is 0.481 e. The Balaban J connectivity index is 2.58. The molecule has 0 atom stereocenters. The van der Waals surface area contributed by atoms with Gasteiger partial charge in [0.05, 0.1) is 12.1 Å². The Morgan fingerprint density at radius 2 is 2.31 bits per heavy atom. The summed E-state index contributed by atoms with van der Waals surface area (Å²) in [5.74, 6) is -0.0524. The molecule has 0 bridgehead atoms. The lowest BCUT2D eigenvalue weighted by atomic mass is 10.2. The Bertz CT molecular complexity index is 545. The Morgan fingerprint density at radius 1 is 1.56 bits per heavy atom. The highest BCUT2D eigenvalue weighted by molar-refractivity contribution is 5.70. The molecule has 0 saturated heterocycles. The van der Waals surface area contributed by atoms with Gasteiger partial charge >= 0.3 is 5.97 Å². The van der Waals surface area contributed by atoms with Crippen molar-refractivity contribution in [3.8, 4) is 0 Å². The number of fused-ring (bicyclic) bond motifs is 1. The minimum absolute atomic E-state index is 0.0513. The minimum Gasteiger partial charge on any atom is -0.481 e. The van der Waals surface area contributed by atoms with Crippen molar-refractivity contribution in [1.82, 2.24) is 14.4 Å². The van der Waals surface area contributed by atoms with E-state index in [9.17, 15) is 4.79 Å². The number of aromatic nitrogens is 3. The summed E-state index contributed by atoms with van der Waals surface area (Å²) in [4.78, 5) is 19.2. The van der Waals surface area contributed by atoms with E-state index >= 15 is 0 Å². The van der Waals surface area contributed by atoms with Crippen LogP contribution in [0.15, 0.2) is 12.4 Å². The van der Waals surface area contributed by atoms with Crippen LogP contribution in [0.25, 0.3) is 5.65 Å². The van der Waals surface area contributed by atoms with E-state index in [0.29, 0.717) is 5.69 Å². The summed E-state index contributed by atoms with van der Waals surface area (Å²) in [5.41, 5.74) is 2.41. The molecule has 0 radical (unpaired) electrons. The third kappa shape index (κ3) is 1.76. The molecule has 0 saturated carbocycles. The smallest absolute Gasteiger partial charge is 0.309 e. The lowest BCUT2D eigenvalue weighted by molar-refractivity contribution is -0.136. The number of carboxylic acid groups (broad SMARTS) is 1. The summed E-state index contributed by atoms with van der Waals surface area (Å²) < 4.78 is 1.84. The van der Waals surface area contributed by atoms with Gasteiger partial charge in [-0.15, -0.1) is 0 Å². The first kappa shape index (κ1) is 10.6. The fraction of sp³-hybridized carbons (Fsp3) is 0.364. The van der Waals surface area contributed by atoms with Crippen LogP contribution in [0.2, 0.25) is 0 Å². The molecule has 5 nitrogen and oxygen atoms in total. The highest BCUT2D eigenvalue weighted by Gasteiger charge is 2.10. The van der Waals surface area contributed by atoms with Gasteiger partial charge in [-0.05, 0) is 13.3 Å². The first-order chi connectivity index (χ1) is 7.61. The zero-order valence-electron chi connectivity index (χ0n) is 9.27. The molecule has 2 aromatic heterocycles. The first-order valence-electron chi connectivity index (χ1n) is 5.16. The molecule has 5 heteroatoms. The fourth-order valence-electron chi connectivity index (χ4n) is 1.68. The fourth-order valence-corrected chi connectivity index (χ4v) is 1.68. The maximum absolute atomic E-state index is 10.6. The highest BCUT2D eigenvalue weighted by atomic mass is 16.4. The molecule has 0 fully saturated rings. The molecule has 0 amide bonds. The maximum atomic E-state index is 10.6. The summed E-state index contributed by atoms with van der Waals surface area (Å²) in [7, 11) is 0. The van der Waals surface area contributed by atoms with Gasteiger partial charge in [-0.2, -0.15) is 0 Å². The van der Waals surface area contributed by atoms with Crippen LogP contribution in [-0.2, 0) is 17.6 Å². The number of imidazole rings is 1. The molecule has 16 heavy (non-hydrogen) atoms. The molecule has 84 valence electrons. The van der Waals surface area contributed by atoms with Crippen LogP contribution in [-0.4, -0.2) is 25.4 Å². The van der Waals surface area contributed by atoms with Crippen LogP contribution in [0.5, 0.6) is 0 Å². The maximum Gasteiger partial charge on any atom is 0.309 e. The molecule has 0 aliphatic rings. The minimum atomic E-state index is -0.868. The van der Waals surface area contributed by atoms with E-state index in [-0.39, 0.29) is 6.42 Å². The van der Waals surface area contributed by atoms with Gasteiger partial charge in [0, 0.05) is 18.0 Å². The Labute approximate surface area is 92.8 Å². The summed E-state index contributed by atoms with van der Waals surface area (Å²) in [5, 5.41) is 8.72. The van der Waals surface area contributed by atoms with E-state index in [1.807, 2.05) is 18.2 Å². The van der Waals surface area contributed by atoms with Crippen molar-refractivity contribution in [3.63, 3.8) is 0 Å². The SMILES string of the molecule is CCc1cnc(C)n2cc(CC(=O)O)nc12. The molecule has 2 aromatic rings. The second kappa shape index (κ2) is 3.92. The average molecular weight is 219 g/mol. The number of aliphatic carboxylic acids is 1. The number of carbonyl (C=O) groups is 1. The van der Waals surface area contributed by atoms with Crippen molar-refractivity contribution >= 4 is 11.6 Å². The molecule has 0 unspecified atom stereocenters. The molecule has 0 aliphatic heterocycles. The van der Waals surface area contributed by atoms with Gasteiger partial charge in [-0.1, -0.05) is 6.92 Å². The van der Waals surface area contributed by atoms with Crippen LogP contribution in [0, 0.1) is 6.92 Å². The molecular formula is C11H13N3O2. The van der Waals surface area contributed by atoms with Crippen molar-refractivity contribution in [2.75, 3.05) is 0 Å². The molecule has 2 rings (SSSR count). The van der Waals surface area contributed by atoms with E-state index in [1.54, 1.807) is 12.4 Å². The van der Waals surface area contributed by atoms with Crippen molar-refractivity contribution in [2.24, 2.45) is 0 Å². The number of rotatable bonds is 3. The predicted octanol–water partition coefficient (Wildman–Crippen LogP) is 1.23. The molecule has 0 aliphatic carbocycles. The van der Waals surface area contributed by atoms with Crippen molar-refractivity contribution in [2.45, 2.75) is 26.7 Å². The van der Waals surface area contributed by atoms with Gasteiger partial charge in [-0.3, -0.25) is 9.20 Å². The van der Waals surface area contributed by atoms with Crippen molar-refractivity contribution in [3.05, 3.63) is 29.5 Å². The summed E-state index contributed by atoms with van der Waals surface area (Å²) in [6, 6.07) is 0. The van der Waals surface area contributed by atoms with Crippen LogP contribution >= 0.6 is 0 Å². The predicted molar refractivity (Wildman–Crippen MR) is 58.4 cm³/mol. The van der Waals surface area contributed by atoms with E-state index in [0.717, 1.165) is 23.5 Å². The van der Waals surface area contributed by atoms with Gasteiger partial charge in [-0.25, -0.2) is 9.97 Å².